The molecule has 0 atom stereocenters. The Kier molecular flexibility index (Phi) is 7.42. The lowest BCUT2D eigenvalue weighted by atomic mass is 9.96. The first-order valence-electron chi connectivity index (χ1n) is 10.2. The molecule has 1 fully saturated rings. The Morgan fingerprint density at radius 1 is 1.10 bits per heavy atom. The van der Waals surface area contributed by atoms with E-state index in [0.29, 0.717) is 0 Å². The van der Waals surface area contributed by atoms with E-state index in [9.17, 15) is 9.18 Å². The lowest BCUT2D eigenvalue weighted by molar-refractivity contribution is -0.115. The van der Waals surface area contributed by atoms with Crippen LogP contribution in [0.15, 0.2) is 54.6 Å². The zero-order valence-electron chi connectivity index (χ0n) is 17.3. The molecular formula is C24H30FN3O. The second-order valence-corrected chi connectivity index (χ2v) is 7.95. The van der Waals surface area contributed by atoms with Crippen LogP contribution in [0.3, 0.4) is 0 Å². The fraction of sp³-hybridized carbons (Fsp3) is 0.375. The van der Waals surface area contributed by atoms with E-state index in [0.717, 1.165) is 36.8 Å². The van der Waals surface area contributed by atoms with Crippen molar-refractivity contribution in [3.8, 4) is 0 Å². The molecule has 1 aliphatic heterocycles. The Labute approximate surface area is 173 Å². The maximum absolute atomic E-state index is 12.9. The third-order valence-electron chi connectivity index (χ3n) is 5.24. The summed E-state index contributed by atoms with van der Waals surface area (Å²) in [4.78, 5) is 16.8. The van der Waals surface area contributed by atoms with Crippen LogP contribution in [0.1, 0.15) is 24.8 Å². The number of carbonyl (C=O) groups excluding carboxylic acids is 1. The molecule has 0 aromatic heterocycles. The fourth-order valence-electron chi connectivity index (χ4n) is 3.73. The Morgan fingerprint density at radius 2 is 1.76 bits per heavy atom. The van der Waals surface area contributed by atoms with Gasteiger partial charge in [0, 0.05) is 37.4 Å². The molecule has 1 saturated heterocycles. The van der Waals surface area contributed by atoms with E-state index in [1.54, 1.807) is 18.2 Å². The molecular weight excluding hydrogens is 365 g/mol. The average molecular weight is 396 g/mol. The number of halogens is 1. The Hall–Kier alpha value is -2.66. The van der Waals surface area contributed by atoms with Crippen molar-refractivity contribution in [1.82, 2.24) is 4.90 Å². The number of benzene rings is 2. The third-order valence-corrected chi connectivity index (χ3v) is 5.24. The van der Waals surface area contributed by atoms with Crippen LogP contribution in [0.25, 0.3) is 6.08 Å². The van der Waals surface area contributed by atoms with Gasteiger partial charge in [-0.05, 0) is 74.8 Å². The summed E-state index contributed by atoms with van der Waals surface area (Å²) in [6.45, 7) is 3.32. The third kappa shape index (κ3) is 6.71. The van der Waals surface area contributed by atoms with Crippen LogP contribution < -0.4 is 10.2 Å². The van der Waals surface area contributed by atoms with Gasteiger partial charge in [-0.3, -0.25) is 4.79 Å². The van der Waals surface area contributed by atoms with Crippen LogP contribution in [-0.2, 0) is 4.79 Å². The van der Waals surface area contributed by atoms with Gasteiger partial charge < -0.3 is 15.1 Å². The first kappa shape index (κ1) is 21.1. The van der Waals surface area contributed by atoms with Crippen molar-refractivity contribution >= 4 is 23.4 Å². The van der Waals surface area contributed by atoms with Crippen molar-refractivity contribution in [3.05, 3.63) is 66.0 Å². The Morgan fingerprint density at radius 3 is 2.38 bits per heavy atom. The van der Waals surface area contributed by atoms with Gasteiger partial charge >= 0.3 is 0 Å². The monoisotopic (exact) mass is 395 g/mol. The minimum atomic E-state index is -0.263. The van der Waals surface area contributed by atoms with Crippen LogP contribution in [0.5, 0.6) is 0 Å². The van der Waals surface area contributed by atoms with E-state index in [4.69, 9.17) is 0 Å². The summed E-state index contributed by atoms with van der Waals surface area (Å²) in [5.41, 5.74) is 2.89. The molecule has 1 aliphatic rings. The molecule has 1 amide bonds. The summed E-state index contributed by atoms with van der Waals surface area (Å²) in [6, 6.07) is 14.3. The first-order chi connectivity index (χ1) is 14.0. The van der Waals surface area contributed by atoms with Crippen molar-refractivity contribution in [2.45, 2.75) is 19.3 Å². The number of anilines is 2. The lowest BCUT2D eigenvalue weighted by Crippen LogP contribution is -2.37. The van der Waals surface area contributed by atoms with E-state index < -0.39 is 0 Å². The number of hydrogen-bond acceptors (Lipinski definition) is 3. The van der Waals surface area contributed by atoms with E-state index in [1.807, 2.05) is 18.2 Å². The normalized spacial score (nSPS) is 15.2. The second-order valence-electron chi connectivity index (χ2n) is 7.95. The highest BCUT2D eigenvalue weighted by atomic mass is 19.1. The van der Waals surface area contributed by atoms with Gasteiger partial charge in [0.15, 0.2) is 0 Å². The van der Waals surface area contributed by atoms with Crippen LogP contribution in [0.4, 0.5) is 15.8 Å². The molecule has 2 aromatic rings. The molecule has 4 nitrogen and oxygen atoms in total. The molecule has 2 aromatic carbocycles. The summed E-state index contributed by atoms with van der Waals surface area (Å²) in [6.07, 6.45) is 6.32. The topological polar surface area (TPSA) is 35.6 Å². The van der Waals surface area contributed by atoms with Crippen molar-refractivity contribution < 1.29 is 9.18 Å². The van der Waals surface area contributed by atoms with Gasteiger partial charge in [-0.25, -0.2) is 4.39 Å². The molecule has 0 aliphatic carbocycles. The molecule has 29 heavy (non-hydrogen) atoms. The molecule has 3 rings (SSSR count). The molecule has 1 N–H and O–H groups in total. The Bertz CT molecular complexity index is 807. The zero-order valence-corrected chi connectivity index (χ0v) is 17.3. The maximum atomic E-state index is 12.9. The first-order valence-corrected chi connectivity index (χ1v) is 10.2. The molecule has 1 heterocycles. The summed E-state index contributed by atoms with van der Waals surface area (Å²) in [7, 11) is 4.27. The highest BCUT2D eigenvalue weighted by Gasteiger charge is 2.19. The number of hydrogen-bond donors (Lipinski definition) is 1. The standard InChI is InChI=1S/C24H30FN3O/c1-27(2)18-20-14-16-28(17-15-20)23-12-10-22(11-13-23)26-24(29)5-3-4-19-6-8-21(25)9-7-19/h3-4,6-13,20H,5,14-18H2,1-2H3,(H,26,29)/b4-3-. The zero-order chi connectivity index (χ0) is 20.6. The summed E-state index contributed by atoms with van der Waals surface area (Å²) in [5.74, 6) is 0.449. The fourth-order valence-corrected chi connectivity index (χ4v) is 3.73. The van der Waals surface area contributed by atoms with E-state index in [2.05, 4.69) is 41.3 Å². The van der Waals surface area contributed by atoms with Crippen LogP contribution in [-0.4, -0.2) is 44.5 Å². The molecule has 0 radical (unpaired) electrons. The summed E-state index contributed by atoms with van der Waals surface area (Å²) in [5, 5.41) is 2.92. The van der Waals surface area contributed by atoms with Crippen molar-refractivity contribution in [2.75, 3.05) is 43.9 Å². The van der Waals surface area contributed by atoms with E-state index in [1.165, 1.54) is 30.7 Å². The molecule has 0 saturated carbocycles. The van der Waals surface area contributed by atoms with Gasteiger partial charge in [-0.1, -0.05) is 24.3 Å². The van der Waals surface area contributed by atoms with Gasteiger partial charge in [-0.15, -0.1) is 0 Å². The predicted molar refractivity (Wildman–Crippen MR) is 119 cm³/mol. The molecule has 0 unspecified atom stereocenters. The second kappa shape index (κ2) is 10.2. The van der Waals surface area contributed by atoms with Gasteiger partial charge in [0.05, 0.1) is 0 Å². The van der Waals surface area contributed by atoms with E-state index >= 15 is 0 Å². The smallest absolute Gasteiger partial charge is 0.228 e. The number of amides is 1. The van der Waals surface area contributed by atoms with Crippen LogP contribution >= 0.6 is 0 Å². The van der Waals surface area contributed by atoms with Gasteiger partial charge in [0.2, 0.25) is 5.91 Å². The van der Waals surface area contributed by atoms with Crippen molar-refractivity contribution in [2.24, 2.45) is 5.92 Å². The maximum Gasteiger partial charge on any atom is 0.228 e. The van der Waals surface area contributed by atoms with Crippen LogP contribution in [0.2, 0.25) is 0 Å². The number of rotatable bonds is 7. The highest BCUT2D eigenvalue weighted by Crippen LogP contribution is 2.25. The van der Waals surface area contributed by atoms with Gasteiger partial charge in [0.1, 0.15) is 5.82 Å². The molecule has 0 bridgehead atoms. The average Bonchev–Trinajstić information content (AvgIpc) is 2.70. The number of nitrogens with one attached hydrogen (secondary N) is 1. The minimum Gasteiger partial charge on any atom is -0.372 e. The number of nitrogens with zero attached hydrogens (tertiary/aromatic N) is 2. The van der Waals surface area contributed by atoms with Gasteiger partial charge in [0.25, 0.3) is 0 Å². The lowest BCUT2D eigenvalue weighted by Gasteiger charge is -2.34. The summed E-state index contributed by atoms with van der Waals surface area (Å²) < 4.78 is 12.9. The van der Waals surface area contributed by atoms with Crippen molar-refractivity contribution in [1.29, 1.82) is 0 Å². The quantitative estimate of drug-likeness (QED) is 0.741. The summed E-state index contributed by atoms with van der Waals surface area (Å²) >= 11 is 0. The van der Waals surface area contributed by atoms with Crippen molar-refractivity contribution in [3.63, 3.8) is 0 Å². The van der Waals surface area contributed by atoms with E-state index in [-0.39, 0.29) is 18.1 Å². The molecule has 0 spiro atoms. The van der Waals surface area contributed by atoms with Crippen LogP contribution in [0, 0.1) is 11.7 Å². The number of piperidine rings is 1. The SMILES string of the molecule is CN(C)CC1CCN(c2ccc(NC(=O)C/C=C\c3ccc(F)cc3)cc2)CC1. The predicted octanol–water partition coefficient (Wildman–Crippen LogP) is 4.65. The highest BCUT2D eigenvalue weighted by molar-refractivity contribution is 5.92. The Balaban J connectivity index is 1.45. The largest absolute Gasteiger partial charge is 0.372 e. The molecule has 154 valence electrons. The molecule has 5 heteroatoms. The number of carbonyl (C=O) groups is 1. The minimum absolute atomic E-state index is 0.0689. The van der Waals surface area contributed by atoms with Gasteiger partial charge in [-0.2, -0.15) is 0 Å².